The molecule has 2 N–H and O–H groups in total. The number of primary amides is 1. The standard InChI is InChI=1S/C20H21N3O3/c1-14-10-15(2)12-16(11-14)23(9-5-8-21)19(24)13-26-18-7-4-3-6-17(18)20(22)25/h3-4,6-7,10-12H,5,9,13H2,1-2H3,(H2,22,25). The molecule has 2 amide bonds. The molecular formula is C20H21N3O3. The highest BCUT2D eigenvalue weighted by molar-refractivity contribution is 5.97. The van der Waals surface area contributed by atoms with E-state index in [9.17, 15) is 9.59 Å². The molecule has 0 aromatic heterocycles. The lowest BCUT2D eigenvalue weighted by Gasteiger charge is -2.23. The number of anilines is 1. The van der Waals surface area contributed by atoms with Crippen LogP contribution in [0.15, 0.2) is 42.5 Å². The second-order valence-electron chi connectivity index (χ2n) is 5.95. The van der Waals surface area contributed by atoms with E-state index in [1.807, 2.05) is 32.0 Å². The molecule has 0 saturated carbocycles. The lowest BCUT2D eigenvalue weighted by atomic mass is 10.1. The summed E-state index contributed by atoms with van der Waals surface area (Å²) in [6.45, 7) is 3.90. The van der Waals surface area contributed by atoms with E-state index in [0.717, 1.165) is 16.8 Å². The third-order valence-electron chi connectivity index (χ3n) is 3.77. The topological polar surface area (TPSA) is 96.4 Å². The molecule has 0 aliphatic heterocycles. The third kappa shape index (κ3) is 4.84. The third-order valence-corrected chi connectivity index (χ3v) is 3.77. The minimum Gasteiger partial charge on any atom is -0.483 e. The van der Waals surface area contributed by atoms with Crippen molar-refractivity contribution in [3.63, 3.8) is 0 Å². The monoisotopic (exact) mass is 351 g/mol. The van der Waals surface area contributed by atoms with Crippen LogP contribution in [0.4, 0.5) is 5.69 Å². The van der Waals surface area contributed by atoms with Gasteiger partial charge in [0, 0.05) is 12.2 Å². The summed E-state index contributed by atoms with van der Waals surface area (Å²) in [4.78, 5) is 25.7. The summed E-state index contributed by atoms with van der Waals surface area (Å²) in [6.07, 6.45) is 0.205. The van der Waals surface area contributed by atoms with Crippen LogP contribution in [-0.4, -0.2) is 25.0 Å². The number of nitrogens with two attached hydrogens (primary N) is 1. The van der Waals surface area contributed by atoms with E-state index in [0.29, 0.717) is 0 Å². The average Bonchev–Trinajstić information content (AvgIpc) is 2.59. The van der Waals surface area contributed by atoms with E-state index in [1.54, 1.807) is 24.3 Å². The SMILES string of the molecule is Cc1cc(C)cc(N(CCC#N)C(=O)COc2ccccc2C(N)=O)c1. The molecule has 0 saturated heterocycles. The van der Waals surface area contributed by atoms with E-state index in [1.165, 1.54) is 4.90 Å². The Labute approximate surface area is 152 Å². The Hall–Kier alpha value is -3.33. The van der Waals surface area contributed by atoms with Crippen LogP contribution in [-0.2, 0) is 4.79 Å². The summed E-state index contributed by atoms with van der Waals surface area (Å²) in [7, 11) is 0. The van der Waals surface area contributed by atoms with Gasteiger partial charge in [0.05, 0.1) is 18.1 Å². The number of hydrogen-bond donors (Lipinski definition) is 1. The highest BCUT2D eigenvalue weighted by Crippen LogP contribution is 2.21. The van der Waals surface area contributed by atoms with Crippen LogP contribution in [0.25, 0.3) is 0 Å². The van der Waals surface area contributed by atoms with Crippen molar-refractivity contribution in [1.29, 1.82) is 5.26 Å². The molecule has 2 aromatic carbocycles. The lowest BCUT2D eigenvalue weighted by Crippen LogP contribution is -2.36. The van der Waals surface area contributed by atoms with Crippen LogP contribution in [0.3, 0.4) is 0 Å². The van der Waals surface area contributed by atoms with Gasteiger partial charge in [0.15, 0.2) is 6.61 Å². The zero-order chi connectivity index (χ0) is 19.1. The highest BCUT2D eigenvalue weighted by atomic mass is 16.5. The summed E-state index contributed by atoms with van der Waals surface area (Å²) in [5, 5.41) is 8.89. The van der Waals surface area contributed by atoms with Gasteiger partial charge in [0.1, 0.15) is 5.75 Å². The van der Waals surface area contributed by atoms with Crippen LogP contribution >= 0.6 is 0 Å². The molecule has 2 rings (SSSR count). The number of nitrogens with zero attached hydrogens (tertiary/aromatic N) is 2. The zero-order valence-electron chi connectivity index (χ0n) is 14.9. The zero-order valence-corrected chi connectivity index (χ0v) is 14.9. The van der Waals surface area contributed by atoms with Gasteiger partial charge in [-0.25, -0.2) is 0 Å². The molecule has 0 fully saturated rings. The van der Waals surface area contributed by atoms with Gasteiger partial charge in [-0.2, -0.15) is 5.26 Å². The molecule has 0 unspecified atom stereocenters. The summed E-state index contributed by atoms with van der Waals surface area (Å²) in [6, 6.07) is 14.3. The van der Waals surface area contributed by atoms with Crippen LogP contribution in [0.5, 0.6) is 5.75 Å². The molecule has 6 nitrogen and oxygen atoms in total. The first kappa shape index (κ1) is 19.0. The van der Waals surface area contributed by atoms with Crippen molar-refractivity contribution in [2.75, 3.05) is 18.1 Å². The number of carbonyl (C=O) groups is 2. The van der Waals surface area contributed by atoms with Crippen LogP contribution in [0, 0.1) is 25.2 Å². The van der Waals surface area contributed by atoms with E-state index >= 15 is 0 Å². The summed E-state index contributed by atoms with van der Waals surface area (Å²) in [5.74, 6) is -0.665. The van der Waals surface area contributed by atoms with E-state index in [4.69, 9.17) is 15.7 Å². The average molecular weight is 351 g/mol. The molecule has 26 heavy (non-hydrogen) atoms. The lowest BCUT2D eigenvalue weighted by molar-refractivity contribution is -0.120. The maximum Gasteiger partial charge on any atom is 0.264 e. The number of ether oxygens (including phenoxy) is 1. The summed E-state index contributed by atoms with van der Waals surface area (Å²) >= 11 is 0. The number of benzene rings is 2. The summed E-state index contributed by atoms with van der Waals surface area (Å²) in [5.41, 5.74) is 8.30. The van der Waals surface area contributed by atoms with Gasteiger partial charge >= 0.3 is 0 Å². The van der Waals surface area contributed by atoms with Crippen molar-refractivity contribution in [3.8, 4) is 11.8 Å². The van der Waals surface area contributed by atoms with Crippen molar-refractivity contribution in [3.05, 3.63) is 59.2 Å². The minimum atomic E-state index is -0.622. The first-order valence-corrected chi connectivity index (χ1v) is 8.19. The Kier molecular flexibility index (Phi) is 6.34. The second kappa shape index (κ2) is 8.67. The van der Waals surface area contributed by atoms with Crippen LogP contribution in [0.1, 0.15) is 27.9 Å². The van der Waals surface area contributed by atoms with Gasteiger partial charge in [0.25, 0.3) is 11.8 Å². The molecule has 0 radical (unpaired) electrons. The molecule has 2 aromatic rings. The van der Waals surface area contributed by atoms with Gasteiger partial charge in [-0.05, 0) is 49.2 Å². The van der Waals surface area contributed by atoms with E-state index in [2.05, 4.69) is 6.07 Å². The fourth-order valence-electron chi connectivity index (χ4n) is 2.68. The number of para-hydroxylation sites is 1. The Morgan fingerprint density at radius 1 is 1.15 bits per heavy atom. The second-order valence-corrected chi connectivity index (χ2v) is 5.95. The highest BCUT2D eigenvalue weighted by Gasteiger charge is 2.18. The fourth-order valence-corrected chi connectivity index (χ4v) is 2.68. The van der Waals surface area contributed by atoms with Crippen molar-refractivity contribution in [1.82, 2.24) is 0 Å². The smallest absolute Gasteiger partial charge is 0.264 e. The molecule has 0 spiro atoms. The molecule has 0 heterocycles. The number of carbonyl (C=O) groups excluding carboxylic acids is 2. The molecular weight excluding hydrogens is 330 g/mol. The summed E-state index contributed by atoms with van der Waals surface area (Å²) < 4.78 is 5.53. The maximum atomic E-state index is 12.7. The molecule has 0 bridgehead atoms. The number of aryl methyl sites for hydroxylation is 2. The Morgan fingerprint density at radius 3 is 2.42 bits per heavy atom. The molecule has 6 heteroatoms. The van der Waals surface area contributed by atoms with Gasteiger partial charge in [-0.3, -0.25) is 9.59 Å². The predicted molar refractivity (Wildman–Crippen MR) is 99.0 cm³/mol. The Bertz CT molecular complexity index is 835. The Balaban J connectivity index is 2.20. The van der Waals surface area contributed by atoms with Gasteiger partial charge in [-0.15, -0.1) is 0 Å². The maximum absolute atomic E-state index is 12.7. The number of rotatable bonds is 7. The normalized spacial score (nSPS) is 10.0. The van der Waals surface area contributed by atoms with Crippen molar-refractivity contribution in [2.24, 2.45) is 5.73 Å². The van der Waals surface area contributed by atoms with Crippen molar-refractivity contribution < 1.29 is 14.3 Å². The van der Waals surface area contributed by atoms with Crippen molar-refractivity contribution in [2.45, 2.75) is 20.3 Å². The minimum absolute atomic E-state index is 0.205. The first-order chi connectivity index (χ1) is 12.4. The quantitative estimate of drug-likeness (QED) is 0.829. The first-order valence-electron chi connectivity index (χ1n) is 8.19. The van der Waals surface area contributed by atoms with Crippen LogP contribution < -0.4 is 15.4 Å². The molecule has 0 aliphatic rings. The number of amides is 2. The predicted octanol–water partition coefficient (Wildman–Crippen LogP) is 2.73. The van der Waals surface area contributed by atoms with Gasteiger partial charge < -0.3 is 15.4 Å². The number of nitriles is 1. The molecule has 0 aliphatic carbocycles. The Morgan fingerprint density at radius 2 is 1.81 bits per heavy atom. The molecule has 134 valence electrons. The largest absolute Gasteiger partial charge is 0.483 e. The van der Waals surface area contributed by atoms with Crippen molar-refractivity contribution >= 4 is 17.5 Å². The number of hydrogen-bond acceptors (Lipinski definition) is 4. The molecule has 0 atom stereocenters. The van der Waals surface area contributed by atoms with Crippen LogP contribution in [0.2, 0.25) is 0 Å². The van der Waals surface area contributed by atoms with Gasteiger partial charge in [0.2, 0.25) is 0 Å². The fraction of sp³-hybridized carbons (Fsp3) is 0.250. The van der Waals surface area contributed by atoms with Gasteiger partial charge in [-0.1, -0.05) is 18.2 Å². The van der Waals surface area contributed by atoms with E-state index in [-0.39, 0.29) is 36.8 Å². The van der Waals surface area contributed by atoms with E-state index < -0.39 is 5.91 Å².